The molecule has 0 amide bonds. The Balaban J connectivity index is 2.42. The molecule has 1 aliphatic carbocycles. The van der Waals surface area contributed by atoms with Gasteiger partial charge in [0.05, 0.1) is 20.6 Å². The lowest BCUT2D eigenvalue weighted by molar-refractivity contribution is -0.137. The Kier molecular flexibility index (Phi) is 3.93. The van der Waals surface area contributed by atoms with Gasteiger partial charge in [-0.2, -0.15) is 0 Å². The first-order valence-corrected chi connectivity index (χ1v) is 6.20. The van der Waals surface area contributed by atoms with Gasteiger partial charge >= 0.3 is 5.97 Å². The highest BCUT2D eigenvalue weighted by atomic mass is 19.1. The number of carboxylic acid groups (broad SMARTS) is 1. The molecular formula is C14H17FO4. The van der Waals surface area contributed by atoms with Crippen molar-refractivity contribution < 1.29 is 23.8 Å². The molecule has 1 saturated carbocycles. The molecule has 0 heterocycles. The third kappa shape index (κ3) is 2.97. The maximum Gasteiger partial charge on any atom is 0.303 e. The molecule has 0 spiro atoms. The molecule has 4 nitrogen and oxygen atoms in total. The van der Waals surface area contributed by atoms with Crippen LogP contribution in [0.1, 0.15) is 30.7 Å². The fourth-order valence-electron chi connectivity index (χ4n) is 2.41. The summed E-state index contributed by atoms with van der Waals surface area (Å²) in [6, 6.07) is 2.87. The largest absolute Gasteiger partial charge is 0.497 e. The van der Waals surface area contributed by atoms with E-state index >= 15 is 0 Å². The molecule has 0 saturated heterocycles. The van der Waals surface area contributed by atoms with Crippen molar-refractivity contribution in [3.63, 3.8) is 0 Å². The van der Waals surface area contributed by atoms with Crippen LogP contribution in [0, 0.1) is 11.7 Å². The van der Waals surface area contributed by atoms with Gasteiger partial charge in [0.1, 0.15) is 17.3 Å². The van der Waals surface area contributed by atoms with Crippen molar-refractivity contribution in [3.8, 4) is 11.5 Å². The molecule has 5 heteroatoms. The van der Waals surface area contributed by atoms with Crippen LogP contribution in [-0.2, 0) is 4.79 Å². The molecule has 2 rings (SSSR count). The fraction of sp³-hybridized carbons (Fsp3) is 0.500. The molecule has 0 aliphatic heterocycles. The van der Waals surface area contributed by atoms with Gasteiger partial charge in [-0.3, -0.25) is 4.79 Å². The van der Waals surface area contributed by atoms with E-state index in [1.165, 1.54) is 20.3 Å². The first-order chi connectivity index (χ1) is 9.06. The van der Waals surface area contributed by atoms with E-state index in [4.69, 9.17) is 14.6 Å². The standard InChI is InChI=1S/C14H17FO4/c1-18-9-5-11(15)14(12(6-9)19-2)10(7-13(16)17)8-3-4-8/h5-6,8,10H,3-4,7H2,1-2H3,(H,16,17). The molecular weight excluding hydrogens is 251 g/mol. The van der Waals surface area contributed by atoms with Gasteiger partial charge in [0.2, 0.25) is 0 Å². The van der Waals surface area contributed by atoms with Crippen molar-refractivity contribution in [2.45, 2.75) is 25.2 Å². The number of benzene rings is 1. The second-order valence-electron chi connectivity index (χ2n) is 4.77. The number of halogens is 1. The van der Waals surface area contributed by atoms with Gasteiger partial charge in [0.25, 0.3) is 0 Å². The van der Waals surface area contributed by atoms with Crippen molar-refractivity contribution >= 4 is 5.97 Å². The minimum absolute atomic E-state index is 0.0791. The van der Waals surface area contributed by atoms with Crippen LogP contribution >= 0.6 is 0 Å². The Labute approximate surface area is 111 Å². The van der Waals surface area contributed by atoms with Gasteiger partial charge in [-0.05, 0) is 18.8 Å². The average molecular weight is 268 g/mol. The number of carboxylic acids is 1. The summed E-state index contributed by atoms with van der Waals surface area (Å²) in [4.78, 5) is 11.0. The smallest absolute Gasteiger partial charge is 0.303 e. The molecule has 1 aromatic carbocycles. The van der Waals surface area contributed by atoms with Crippen molar-refractivity contribution in [2.75, 3.05) is 14.2 Å². The van der Waals surface area contributed by atoms with Crippen LogP contribution in [0.2, 0.25) is 0 Å². The van der Waals surface area contributed by atoms with Gasteiger partial charge in [-0.25, -0.2) is 4.39 Å². The van der Waals surface area contributed by atoms with Crippen molar-refractivity contribution in [3.05, 3.63) is 23.5 Å². The minimum atomic E-state index is -0.922. The number of hydrogen-bond donors (Lipinski definition) is 1. The number of hydrogen-bond acceptors (Lipinski definition) is 3. The predicted octanol–water partition coefficient (Wildman–Crippen LogP) is 2.81. The first-order valence-electron chi connectivity index (χ1n) is 6.20. The van der Waals surface area contributed by atoms with Gasteiger partial charge in [0, 0.05) is 23.6 Å². The van der Waals surface area contributed by atoms with E-state index in [0.717, 1.165) is 12.8 Å². The summed E-state index contributed by atoms with van der Waals surface area (Å²) in [5.41, 5.74) is 0.355. The summed E-state index contributed by atoms with van der Waals surface area (Å²) in [5, 5.41) is 8.99. The van der Waals surface area contributed by atoms with E-state index in [2.05, 4.69) is 0 Å². The monoisotopic (exact) mass is 268 g/mol. The zero-order valence-electron chi connectivity index (χ0n) is 11.0. The van der Waals surface area contributed by atoms with E-state index in [-0.39, 0.29) is 18.3 Å². The van der Waals surface area contributed by atoms with Crippen LogP contribution in [0.3, 0.4) is 0 Å². The summed E-state index contributed by atoms with van der Waals surface area (Å²) < 4.78 is 24.4. The molecule has 1 fully saturated rings. The highest BCUT2D eigenvalue weighted by Gasteiger charge is 2.37. The van der Waals surface area contributed by atoms with Gasteiger partial charge in [0.15, 0.2) is 0 Å². The Hall–Kier alpha value is -1.78. The number of rotatable bonds is 6. The van der Waals surface area contributed by atoms with Crippen LogP contribution in [0.4, 0.5) is 4.39 Å². The second-order valence-corrected chi connectivity index (χ2v) is 4.77. The molecule has 0 radical (unpaired) electrons. The SMILES string of the molecule is COc1cc(F)c(C(CC(=O)O)C2CC2)c(OC)c1. The molecule has 0 aromatic heterocycles. The maximum atomic E-state index is 14.2. The highest BCUT2D eigenvalue weighted by molar-refractivity contribution is 5.68. The number of aliphatic carboxylic acids is 1. The number of ether oxygens (including phenoxy) is 2. The number of carbonyl (C=O) groups is 1. The third-order valence-corrected chi connectivity index (χ3v) is 3.48. The Morgan fingerprint density at radius 1 is 1.42 bits per heavy atom. The van der Waals surface area contributed by atoms with E-state index < -0.39 is 11.8 Å². The van der Waals surface area contributed by atoms with Crippen LogP contribution in [0.5, 0.6) is 11.5 Å². The summed E-state index contributed by atoms with van der Waals surface area (Å²) in [6.45, 7) is 0. The van der Waals surface area contributed by atoms with Crippen LogP contribution < -0.4 is 9.47 Å². The quantitative estimate of drug-likeness (QED) is 0.862. The Bertz CT molecular complexity index is 483. The van der Waals surface area contributed by atoms with E-state index in [1.807, 2.05) is 0 Å². The van der Waals surface area contributed by atoms with E-state index in [0.29, 0.717) is 17.1 Å². The van der Waals surface area contributed by atoms with Crippen molar-refractivity contribution in [2.24, 2.45) is 5.92 Å². The second kappa shape index (κ2) is 5.47. The molecule has 1 atom stereocenters. The van der Waals surface area contributed by atoms with Crippen LogP contribution in [-0.4, -0.2) is 25.3 Å². The summed E-state index contributed by atoms with van der Waals surface area (Å²) in [7, 11) is 2.89. The third-order valence-electron chi connectivity index (χ3n) is 3.48. The maximum absolute atomic E-state index is 14.2. The normalized spacial score (nSPS) is 15.9. The molecule has 1 unspecified atom stereocenters. The molecule has 104 valence electrons. The van der Waals surface area contributed by atoms with Gasteiger partial charge in [-0.1, -0.05) is 0 Å². The Morgan fingerprint density at radius 3 is 2.58 bits per heavy atom. The zero-order chi connectivity index (χ0) is 14.0. The molecule has 1 N–H and O–H groups in total. The van der Waals surface area contributed by atoms with Gasteiger partial charge in [-0.15, -0.1) is 0 Å². The minimum Gasteiger partial charge on any atom is -0.497 e. The van der Waals surface area contributed by atoms with Crippen molar-refractivity contribution in [1.82, 2.24) is 0 Å². The van der Waals surface area contributed by atoms with Crippen LogP contribution in [0.25, 0.3) is 0 Å². The summed E-state index contributed by atoms with van der Waals surface area (Å²) in [5.74, 6) is -0.771. The molecule has 1 aromatic rings. The topological polar surface area (TPSA) is 55.8 Å². The number of methoxy groups -OCH3 is 2. The van der Waals surface area contributed by atoms with E-state index in [1.54, 1.807) is 6.07 Å². The Morgan fingerprint density at radius 2 is 2.11 bits per heavy atom. The summed E-state index contributed by atoms with van der Waals surface area (Å²) >= 11 is 0. The zero-order valence-corrected chi connectivity index (χ0v) is 11.0. The average Bonchev–Trinajstić information content (AvgIpc) is 3.19. The first kappa shape index (κ1) is 13.6. The van der Waals surface area contributed by atoms with Gasteiger partial charge < -0.3 is 14.6 Å². The van der Waals surface area contributed by atoms with E-state index in [9.17, 15) is 9.18 Å². The molecule has 1 aliphatic rings. The molecule has 19 heavy (non-hydrogen) atoms. The van der Waals surface area contributed by atoms with Crippen molar-refractivity contribution in [1.29, 1.82) is 0 Å². The predicted molar refractivity (Wildman–Crippen MR) is 67.2 cm³/mol. The summed E-state index contributed by atoms with van der Waals surface area (Å²) in [6.07, 6.45) is 1.80. The lowest BCUT2D eigenvalue weighted by atomic mass is 9.89. The van der Waals surface area contributed by atoms with Crippen LogP contribution in [0.15, 0.2) is 12.1 Å². The lowest BCUT2D eigenvalue weighted by Gasteiger charge is -2.19. The fourth-order valence-corrected chi connectivity index (χ4v) is 2.41. The highest BCUT2D eigenvalue weighted by Crippen LogP contribution is 2.48. The molecule has 0 bridgehead atoms. The lowest BCUT2D eigenvalue weighted by Crippen LogP contribution is -2.12.